The summed E-state index contributed by atoms with van der Waals surface area (Å²) in [4.78, 5) is 28.4. The standard InChI is InChI=1S/C15H8N2O2/c18-8-16-13-6-4-10-2-1-3-11-14(17-9-19)7-5-12(13)15(10)11/h1-7,14H. The van der Waals surface area contributed by atoms with Crippen molar-refractivity contribution in [3.05, 3.63) is 47.5 Å². The molecule has 0 spiro atoms. The van der Waals surface area contributed by atoms with Crippen molar-refractivity contribution in [1.82, 2.24) is 0 Å². The largest absolute Gasteiger partial charge is 0.240 e. The molecular formula is C15H8N2O2. The van der Waals surface area contributed by atoms with Crippen LogP contribution in [0.5, 0.6) is 0 Å². The third kappa shape index (κ3) is 1.72. The van der Waals surface area contributed by atoms with Crippen LogP contribution in [-0.4, -0.2) is 12.2 Å². The Morgan fingerprint density at radius 1 is 1.05 bits per heavy atom. The van der Waals surface area contributed by atoms with Crippen LogP contribution in [0, 0.1) is 0 Å². The topological polar surface area (TPSA) is 58.9 Å². The van der Waals surface area contributed by atoms with Gasteiger partial charge in [-0.05, 0) is 22.4 Å². The van der Waals surface area contributed by atoms with E-state index in [1.54, 1.807) is 24.3 Å². The van der Waals surface area contributed by atoms with Crippen molar-refractivity contribution >= 4 is 34.7 Å². The molecule has 0 radical (unpaired) electrons. The maximum atomic E-state index is 10.5. The summed E-state index contributed by atoms with van der Waals surface area (Å²) < 4.78 is 0. The minimum Gasteiger partial charge on any atom is -0.211 e. The van der Waals surface area contributed by atoms with Gasteiger partial charge in [-0.1, -0.05) is 36.4 Å². The van der Waals surface area contributed by atoms with Crippen LogP contribution in [0.15, 0.2) is 46.4 Å². The lowest BCUT2D eigenvalue weighted by atomic mass is 9.89. The second-order valence-electron chi connectivity index (χ2n) is 4.17. The SMILES string of the molecule is O=C=Nc1ccc2cccc3c2c1C=CC3N=C=O. The van der Waals surface area contributed by atoms with Gasteiger partial charge in [0.2, 0.25) is 12.2 Å². The van der Waals surface area contributed by atoms with E-state index in [0.29, 0.717) is 5.69 Å². The molecule has 0 fully saturated rings. The molecule has 0 amide bonds. The summed E-state index contributed by atoms with van der Waals surface area (Å²) in [6.07, 6.45) is 6.78. The van der Waals surface area contributed by atoms with Crippen LogP contribution in [0.2, 0.25) is 0 Å². The molecule has 4 heteroatoms. The van der Waals surface area contributed by atoms with Crippen LogP contribution >= 0.6 is 0 Å². The first-order valence-corrected chi connectivity index (χ1v) is 5.74. The Labute approximate surface area is 108 Å². The number of nitrogens with zero attached hydrogens (tertiary/aromatic N) is 2. The van der Waals surface area contributed by atoms with Crippen molar-refractivity contribution in [3.63, 3.8) is 0 Å². The molecule has 1 atom stereocenters. The maximum absolute atomic E-state index is 10.5. The monoisotopic (exact) mass is 248 g/mol. The molecule has 1 aliphatic rings. The van der Waals surface area contributed by atoms with Crippen molar-refractivity contribution in [1.29, 1.82) is 0 Å². The molecule has 0 heterocycles. The van der Waals surface area contributed by atoms with Crippen LogP contribution < -0.4 is 0 Å². The predicted octanol–water partition coefficient (Wildman–Crippen LogP) is 3.21. The number of carbonyl (C=O) groups excluding carboxylic acids is 2. The van der Waals surface area contributed by atoms with Gasteiger partial charge in [0.15, 0.2) is 0 Å². The van der Waals surface area contributed by atoms with Crippen LogP contribution in [0.3, 0.4) is 0 Å². The van der Waals surface area contributed by atoms with E-state index in [9.17, 15) is 9.59 Å². The highest BCUT2D eigenvalue weighted by molar-refractivity contribution is 5.99. The van der Waals surface area contributed by atoms with Gasteiger partial charge in [0.1, 0.15) is 6.04 Å². The molecule has 1 unspecified atom stereocenters. The van der Waals surface area contributed by atoms with Crippen LogP contribution in [-0.2, 0) is 9.59 Å². The second kappa shape index (κ2) is 4.46. The van der Waals surface area contributed by atoms with E-state index < -0.39 is 0 Å². The highest BCUT2D eigenvalue weighted by atomic mass is 16.1. The molecule has 0 saturated heterocycles. The van der Waals surface area contributed by atoms with Crippen molar-refractivity contribution in [3.8, 4) is 0 Å². The third-order valence-corrected chi connectivity index (χ3v) is 3.22. The third-order valence-electron chi connectivity index (χ3n) is 3.22. The van der Waals surface area contributed by atoms with Crippen LogP contribution in [0.1, 0.15) is 17.2 Å². The summed E-state index contributed by atoms with van der Waals surface area (Å²) in [5.41, 5.74) is 2.34. The van der Waals surface area contributed by atoms with Gasteiger partial charge in [0, 0.05) is 5.56 Å². The van der Waals surface area contributed by atoms with Gasteiger partial charge >= 0.3 is 0 Å². The number of hydrogen-bond acceptors (Lipinski definition) is 4. The first kappa shape index (κ1) is 11.3. The summed E-state index contributed by atoms with van der Waals surface area (Å²) in [6.45, 7) is 0. The van der Waals surface area contributed by atoms with E-state index in [4.69, 9.17) is 0 Å². The number of hydrogen-bond donors (Lipinski definition) is 0. The summed E-state index contributed by atoms with van der Waals surface area (Å²) in [5.74, 6) is 0. The Balaban J connectivity index is 2.41. The van der Waals surface area contributed by atoms with Crippen molar-refractivity contribution in [2.24, 2.45) is 9.98 Å². The highest BCUT2D eigenvalue weighted by Crippen LogP contribution is 2.39. The van der Waals surface area contributed by atoms with Gasteiger partial charge in [-0.25, -0.2) is 9.59 Å². The van der Waals surface area contributed by atoms with Gasteiger partial charge in [-0.15, -0.1) is 0 Å². The van der Waals surface area contributed by atoms with E-state index in [2.05, 4.69) is 9.98 Å². The molecule has 2 aromatic rings. The zero-order valence-electron chi connectivity index (χ0n) is 9.83. The zero-order chi connectivity index (χ0) is 13.2. The van der Waals surface area contributed by atoms with E-state index in [0.717, 1.165) is 21.9 Å². The van der Waals surface area contributed by atoms with E-state index in [1.807, 2.05) is 30.3 Å². The normalized spacial score (nSPS) is 15.7. The van der Waals surface area contributed by atoms with Gasteiger partial charge < -0.3 is 0 Å². The first-order chi connectivity index (χ1) is 9.35. The number of benzene rings is 2. The Hall–Kier alpha value is -2.80. The molecule has 0 bridgehead atoms. The number of rotatable bonds is 2. The fourth-order valence-electron chi connectivity index (χ4n) is 2.45. The van der Waals surface area contributed by atoms with E-state index >= 15 is 0 Å². The quantitative estimate of drug-likeness (QED) is 0.605. The summed E-state index contributed by atoms with van der Waals surface area (Å²) in [5, 5.41) is 1.98. The average molecular weight is 248 g/mol. The second-order valence-corrected chi connectivity index (χ2v) is 4.17. The Kier molecular flexibility index (Phi) is 2.66. The van der Waals surface area contributed by atoms with Gasteiger partial charge in [0.05, 0.1) is 5.69 Å². The fourth-order valence-corrected chi connectivity index (χ4v) is 2.45. The fraction of sp³-hybridized carbons (Fsp3) is 0.0667. The Morgan fingerprint density at radius 3 is 2.74 bits per heavy atom. The van der Waals surface area contributed by atoms with Crippen LogP contribution in [0.4, 0.5) is 5.69 Å². The number of aliphatic imine (C=N–C) groups is 2. The predicted molar refractivity (Wildman–Crippen MR) is 71.6 cm³/mol. The summed E-state index contributed by atoms with van der Waals surface area (Å²) >= 11 is 0. The maximum Gasteiger partial charge on any atom is 0.240 e. The lowest BCUT2D eigenvalue weighted by Gasteiger charge is -2.18. The molecule has 2 aromatic carbocycles. The molecule has 19 heavy (non-hydrogen) atoms. The van der Waals surface area contributed by atoms with E-state index in [-0.39, 0.29) is 6.04 Å². The van der Waals surface area contributed by atoms with Gasteiger partial charge in [0.25, 0.3) is 0 Å². The molecule has 3 rings (SSSR count). The molecule has 0 aliphatic heterocycles. The molecular weight excluding hydrogens is 240 g/mol. The minimum absolute atomic E-state index is 0.329. The number of isocyanates is 2. The first-order valence-electron chi connectivity index (χ1n) is 5.74. The smallest absolute Gasteiger partial charge is 0.211 e. The van der Waals surface area contributed by atoms with Crippen molar-refractivity contribution < 1.29 is 9.59 Å². The molecule has 0 saturated carbocycles. The van der Waals surface area contributed by atoms with Gasteiger partial charge in [-0.3, -0.25) is 0 Å². The molecule has 90 valence electrons. The lowest BCUT2D eigenvalue weighted by molar-refractivity contribution is 0.561. The lowest BCUT2D eigenvalue weighted by Crippen LogP contribution is -1.99. The molecule has 0 aromatic heterocycles. The summed E-state index contributed by atoms with van der Waals surface area (Å²) in [7, 11) is 0. The Morgan fingerprint density at radius 2 is 1.95 bits per heavy atom. The van der Waals surface area contributed by atoms with Crippen molar-refractivity contribution in [2.75, 3.05) is 0 Å². The molecule has 0 N–H and O–H groups in total. The highest BCUT2D eigenvalue weighted by Gasteiger charge is 2.18. The average Bonchev–Trinajstić information content (AvgIpc) is 2.44. The zero-order valence-corrected chi connectivity index (χ0v) is 9.83. The minimum atomic E-state index is -0.329. The summed E-state index contributed by atoms with van der Waals surface area (Å²) in [6, 6.07) is 9.13. The molecule has 1 aliphatic carbocycles. The van der Waals surface area contributed by atoms with Crippen LogP contribution in [0.25, 0.3) is 16.8 Å². The van der Waals surface area contributed by atoms with Crippen molar-refractivity contribution in [2.45, 2.75) is 6.04 Å². The Bertz CT molecular complexity index is 795. The van der Waals surface area contributed by atoms with Gasteiger partial charge in [-0.2, -0.15) is 9.98 Å². The van der Waals surface area contributed by atoms with E-state index in [1.165, 1.54) is 0 Å². The molecule has 4 nitrogen and oxygen atoms in total.